The third kappa shape index (κ3) is 10.6. The third-order valence-electron chi connectivity index (χ3n) is 5.92. The van der Waals surface area contributed by atoms with Crippen LogP contribution in [0.2, 0.25) is 0 Å². The number of methoxy groups -OCH3 is 1. The van der Waals surface area contributed by atoms with Gasteiger partial charge in [0.15, 0.2) is 0 Å². The van der Waals surface area contributed by atoms with Gasteiger partial charge in [0.2, 0.25) is 11.8 Å². The molecule has 0 fully saturated rings. The maximum Gasteiger partial charge on any atom is 0.222 e. The van der Waals surface area contributed by atoms with Crippen LogP contribution in [-0.2, 0) is 32.3 Å². The molecule has 0 aliphatic carbocycles. The second-order valence-electron chi connectivity index (χ2n) is 9.20. The second-order valence-corrected chi connectivity index (χ2v) is 9.20. The molecule has 0 aliphatic heterocycles. The Bertz CT molecular complexity index is 942. The first kappa shape index (κ1) is 29.1. The molecular weight excluding hydrogens is 456 g/mol. The van der Waals surface area contributed by atoms with Crippen molar-refractivity contribution in [2.75, 3.05) is 48.5 Å². The zero-order valence-electron chi connectivity index (χ0n) is 22.2. The molecule has 7 heteroatoms. The predicted octanol–water partition coefficient (Wildman–Crippen LogP) is 4.17. The fourth-order valence-corrected chi connectivity index (χ4v) is 3.62. The normalized spacial score (nSPS) is 12.8. The van der Waals surface area contributed by atoms with E-state index in [1.54, 1.807) is 45.1 Å². The highest BCUT2D eigenvalue weighted by atomic mass is 16.5. The molecule has 0 unspecified atom stereocenters. The van der Waals surface area contributed by atoms with Crippen LogP contribution in [0.5, 0.6) is 5.75 Å². The molecule has 36 heavy (non-hydrogen) atoms. The summed E-state index contributed by atoms with van der Waals surface area (Å²) in [7, 11) is 8.61. The molecule has 7 nitrogen and oxygen atoms in total. The predicted molar refractivity (Wildman–Crippen MR) is 141 cm³/mol. The summed E-state index contributed by atoms with van der Waals surface area (Å²) in [6.45, 7) is 1.70. The average Bonchev–Trinajstić information content (AvgIpc) is 2.87. The summed E-state index contributed by atoms with van der Waals surface area (Å²) in [6.07, 6.45) is 4.52. The van der Waals surface area contributed by atoms with E-state index in [2.05, 4.69) is 0 Å². The lowest BCUT2D eigenvalue weighted by Gasteiger charge is -2.26. The molecule has 196 valence electrons. The van der Waals surface area contributed by atoms with Gasteiger partial charge in [0.25, 0.3) is 0 Å². The summed E-state index contributed by atoms with van der Waals surface area (Å²) in [5.41, 5.74) is 2.12. The first-order chi connectivity index (χ1) is 17.3. The third-order valence-corrected chi connectivity index (χ3v) is 5.92. The van der Waals surface area contributed by atoms with Crippen LogP contribution in [0, 0.1) is 11.8 Å². The Morgan fingerprint density at radius 3 is 2.00 bits per heavy atom. The van der Waals surface area contributed by atoms with Crippen molar-refractivity contribution in [1.82, 2.24) is 9.80 Å². The Kier molecular flexibility index (Phi) is 12.7. The van der Waals surface area contributed by atoms with E-state index in [0.717, 1.165) is 16.9 Å². The number of hydrogen-bond donors (Lipinski definition) is 0. The van der Waals surface area contributed by atoms with E-state index in [4.69, 9.17) is 14.2 Å². The Balaban J connectivity index is 2.05. The van der Waals surface area contributed by atoms with E-state index in [1.807, 2.05) is 66.7 Å². The van der Waals surface area contributed by atoms with Gasteiger partial charge in [-0.3, -0.25) is 9.59 Å². The summed E-state index contributed by atoms with van der Waals surface area (Å²) >= 11 is 0. The van der Waals surface area contributed by atoms with Crippen molar-refractivity contribution in [3.05, 3.63) is 77.9 Å². The van der Waals surface area contributed by atoms with Crippen LogP contribution >= 0.6 is 0 Å². The molecule has 0 aromatic heterocycles. The highest BCUT2D eigenvalue weighted by Gasteiger charge is 2.26. The molecule has 0 saturated carbocycles. The summed E-state index contributed by atoms with van der Waals surface area (Å²) in [5.74, 6) is 0.512. The average molecular weight is 497 g/mol. The van der Waals surface area contributed by atoms with E-state index in [0.29, 0.717) is 39.3 Å². The number of carbonyl (C=O) groups is 2. The summed E-state index contributed by atoms with van der Waals surface area (Å²) in [6, 6.07) is 17.7. The van der Waals surface area contributed by atoms with E-state index >= 15 is 0 Å². The number of benzene rings is 2. The van der Waals surface area contributed by atoms with Gasteiger partial charge in [0.05, 0.1) is 33.5 Å². The van der Waals surface area contributed by atoms with Crippen molar-refractivity contribution >= 4 is 11.8 Å². The van der Waals surface area contributed by atoms with Crippen molar-refractivity contribution in [3.63, 3.8) is 0 Å². The quantitative estimate of drug-likeness (QED) is 0.273. The number of rotatable bonds is 15. The SMILES string of the molecule is COc1ccc(COC/C=C/[C@H](CC(=O)N(C)C)[C@@H](COCc2ccccc2)CC(=O)N(C)C)cc1. The number of hydrogen-bond acceptors (Lipinski definition) is 5. The minimum atomic E-state index is -0.163. The van der Waals surface area contributed by atoms with Crippen molar-refractivity contribution < 1.29 is 23.8 Å². The Hall–Kier alpha value is -3.16. The van der Waals surface area contributed by atoms with E-state index in [1.165, 1.54) is 0 Å². The molecule has 0 aliphatic rings. The van der Waals surface area contributed by atoms with Gasteiger partial charge in [-0.05, 0) is 35.1 Å². The molecule has 2 rings (SSSR count). The van der Waals surface area contributed by atoms with Crippen LogP contribution in [0.4, 0.5) is 0 Å². The lowest BCUT2D eigenvalue weighted by molar-refractivity contribution is -0.133. The largest absolute Gasteiger partial charge is 0.497 e. The lowest BCUT2D eigenvalue weighted by Crippen LogP contribution is -2.32. The van der Waals surface area contributed by atoms with Crippen molar-refractivity contribution in [2.45, 2.75) is 26.1 Å². The van der Waals surface area contributed by atoms with Gasteiger partial charge >= 0.3 is 0 Å². The molecule has 0 N–H and O–H groups in total. The van der Waals surface area contributed by atoms with Crippen LogP contribution in [0.15, 0.2) is 66.7 Å². The number of ether oxygens (including phenoxy) is 3. The summed E-state index contributed by atoms with van der Waals surface area (Å²) in [5, 5.41) is 0. The van der Waals surface area contributed by atoms with Gasteiger partial charge in [-0.2, -0.15) is 0 Å². The Morgan fingerprint density at radius 2 is 1.39 bits per heavy atom. The highest BCUT2D eigenvalue weighted by molar-refractivity contribution is 5.77. The van der Waals surface area contributed by atoms with E-state index in [-0.39, 0.29) is 23.7 Å². The minimum absolute atomic E-state index is 0.00848. The fourth-order valence-electron chi connectivity index (χ4n) is 3.62. The Labute approximate surface area is 215 Å². The molecule has 0 bridgehead atoms. The molecule has 2 aromatic carbocycles. The fraction of sp³-hybridized carbons (Fsp3) is 0.448. The molecular formula is C29H40N2O5. The summed E-state index contributed by atoms with van der Waals surface area (Å²) < 4.78 is 17.0. The number of amides is 2. The maximum atomic E-state index is 12.6. The van der Waals surface area contributed by atoms with E-state index < -0.39 is 0 Å². The summed E-state index contributed by atoms with van der Waals surface area (Å²) in [4.78, 5) is 28.4. The van der Waals surface area contributed by atoms with Gasteiger partial charge in [-0.1, -0.05) is 54.6 Å². The molecule has 0 radical (unpaired) electrons. The maximum absolute atomic E-state index is 12.6. The minimum Gasteiger partial charge on any atom is -0.497 e. The smallest absolute Gasteiger partial charge is 0.222 e. The molecule has 0 saturated heterocycles. The van der Waals surface area contributed by atoms with Crippen LogP contribution in [0.25, 0.3) is 0 Å². The van der Waals surface area contributed by atoms with Crippen LogP contribution in [0.3, 0.4) is 0 Å². The molecule has 0 spiro atoms. The van der Waals surface area contributed by atoms with Gasteiger partial charge < -0.3 is 24.0 Å². The highest BCUT2D eigenvalue weighted by Crippen LogP contribution is 2.24. The zero-order chi connectivity index (χ0) is 26.3. The number of allylic oxidation sites excluding steroid dienone is 1. The van der Waals surface area contributed by atoms with E-state index in [9.17, 15) is 9.59 Å². The molecule has 0 heterocycles. The second kappa shape index (κ2) is 15.8. The molecule has 2 atom stereocenters. The lowest BCUT2D eigenvalue weighted by atomic mass is 9.86. The van der Waals surface area contributed by atoms with Gasteiger partial charge in [0.1, 0.15) is 5.75 Å². The zero-order valence-corrected chi connectivity index (χ0v) is 22.2. The first-order valence-electron chi connectivity index (χ1n) is 12.2. The van der Waals surface area contributed by atoms with Gasteiger partial charge in [-0.15, -0.1) is 0 Å². The number of nitrogens with zero attached hydrogens (tertiary/aromatic N) is 2. The van der Waals surface area contributed by atoms with Gasteiger partial charge in [0, 0.05) is 41.0 Å². The molecule has 2 aromatic rings. The standard InChI is InChI=1S/C29H40N2O5/c1-30(2)28(32)18-25(12-9-17-35-20-24-13-15-27(34-5)16-14-24)26(19-29(33)31(3)4)22-36-21-23-10-7-6-8-11-23/h6-16,25-26H,17-22H2,1-5H3/b12-9+/t25-,26-/m1/s1. The number of carbonyl (C=O) groups excluding carboxylic acids is 2. The monoisotopic (exact) mass is 496 g/mol. The van der Waals surface area contributed by atoms with Crippen LogP contribution in [-0.4, -0.2) is 70.1 Å². The molecule has 2 amide bonds. The van der Waals surface area contributed by atoms with Crippen LogP contribution < -0.4 is 4.74 Å². The van der Waals surface area contributed by atoms with Gasteiger partial charge in [-0.25, -0.2) is 0 Å². The topological polar surface area (TPSA) is 68.3 Å². The first-order valence-corrected chi connectivity index (χ1v) is 12.2. The Morgan fingerprint density at radius 1 is 0.806 bits per heavy atom. The van der Waals surface area contributed by atoms with Crippen molar-refractivity contribution in [2.24, 2.45) is 11.8 Å². The van der Waals surface area contributed by atoms with Crippen molar-refractivity contribution in [1.29, 1.82) is 0 Å². The van der Waals surface area contributed by atoms with Crippen molar-refractivity contribution in [3.8, 4) is 5.75 Å². The van der Waals surface area contributed by atoms with Crippen LogP contribution in [0.1, 0.15) is 24.0 Å².